The monoisotopic (exact) mass is 346 g/mol. The summed E-state index contributed by atoms with van der Waals surface area (Å²) in [6.07, 6.45) is 2.93. The Kier molecular flexibility index (Phi) is 6.50. The van der Waals surface area contributed by atoms with Gasteiger partial charge in [-0.2, -0.15) is 5.10 Å². The van der Waals surface area contributed by atoms with Gasteiger partial charge in [-0.15, -0.1) is 0 Å². The Morgan fingerprint density at radius 1 is 1.36 bits per heavy atom. The van der Waals surface area contributed by atoms with E-state index in [1.54, 1.807) is 4.90 Å². The van der Waals surface area contributed by atoms with Crippen molar-refractivity contribution in [2.75, 3.05) is 18.0 Å². The number of carboxylic acids is 1. The van der Waals surface area contributed by atoms with Gasteiger partial charge in [-0.25, -0.2) is 0 Å². The predicted octanol–water partition coefficient (Wildman–Crippen LogP) is 0.703. The number of nitrogens with zero attached hydrogens (tertiary/aromatic N) is 2. The van der Waals surface area contributed by atoms with E-state index in [4.69, 9.17) is 10.9 Å². The molecule has 0 spiro atoms. The number of hydrazone groups is 1. The predicted molar refractivity (Wildman–Crippen MR) is 93.2 cm³/mol. The van der Waals surface area contributed by atoms with Crippen molar-refractivity contribution in [3.8, 4) is 0 Å². The number of nitrogens with two attached hydrogens (primary N) is 1. The van der Waals surface area contributed by atoms with Gasteiger partial charge in [0.25, 0.3) is 0 Å². The summed E-state index contributed by atoms with van der Waals surface area (Å²) < 4.78 is 0. The molecule has 0 bridgehead atoms. The van der Waals surface area contributed by atoms with Crippen LogP contribution in [0.3, 0.4) is 0 Å². The molecule has 25 heavy (non-hydrogen) atoms. The smallest absolute Gasteiger partial charge is 0.305 e. The van der Waals surface area contributed by atoms with Crippen molar-refractivity contribution in [2.45, 2.75) is 25.7 Å². The lowest BCUT2D eigenvalue weighted by Crippen LogP contribution is -2.43. The highest BCUT2D eigenvalue weighted by Crippen LogP contribution is 2.26. The number of carbonyl (C=O) groups excluding carboxylic acids is 2. The van der Waals surface area contributed by atoms with Crippen LogP contribution in [0.4, 0.5) is 5.69 Å². The van der Waals surface area contributed by atoms with Crippen molar-refractivity contribution >= 4 is 29.7 Å². The summed E-state index contributed by atoms with van der Waals surface area (Å²) in [7, 11) is 0. The number of amides is 2. The van der Waals surface area contributed by atoms with Crippen molar-refractivity contribution in [1.82, 2.24) is 5.32 Å². The van der Waals surface area contributed by atoms with E-state index in [2.05, 4.69) is 10.4 Å². The highest BCUT2D eigenvalue weighted by atomic mass is 16.4. The largest absolute Gasteiger partial charge is 0.481 e. The minimum atomic E-state index is -0.969. The highest BCUT2D eigenvalue weighted by molar-refractivity contribution is 5.98. The molecule has 134 valence electrons. The number of hydrogen-bond acceptors (Lipinski definition) is 5. The van der Waals surface area contributed by atoms with Gasteiger partial charge >= 0.3 is 5.97 Å². The van der Waals surface area contributed by atoms with Crippen LogP contribution in [0.15, 0.2) is 29.4 Å². The van der Waals surface area contributed by atoms with Gasteiger partial charge in [0.15, 0.2) is 0 Å². The summed E-state index contributed by atoms with van der Waals surface area (Å²) in [4.78, 5) is 36.7. The maximum atomic E-state index is 12.7. The molecule has 1 atom stereocenters. The van der Waals surface area contributed by atoms with Gasteiger partial charge in [-0.1, -0.05) is 12.1 Å². The van der Waals surface area contributed by atoms with Crippen molar-refractivity contribution in [3.63, 3.8) is 0 Å². The van der Waals surface area contributed by atoms with Gasteiger partial charge < -0.3 is 21.2 Å². The fraction of sp³-hybridized carbons (Fsp3) is 0.412. The van der Waals surface area contributed by atoms with E-state index < -0.39 is 5.97 Å². The first-order valence-corrected chi connectivity index (χ1v) is 8.14. The molecule has 0 aliphatic carbocycles. The van der Waals surface area contributed by atoms with Gasteiger partial charge in [-0.05, 0) is 30.5 Å². The van der Waals surface area contributed by atoms with Gasteiger partial charge in [0.2, 0.25) is 11.8 Å². The van der Waals surface area contributed by atoms with Gasteiger partial charge in [0.1, 0.15) is 0 Å². The number of carbonyl (C=O) groups is 3. The molecule has 8 heteroatoms. The number of benzene rings is 1. The Balaban J connectivity index is 1.95. The third-order valence-corrected chi connectivity index (χ3v) is 4.07. The van der Waals surface area contributed by atoms with Gasteiger partial charge in [0.05, 0.1) is 12.6 Å². The van der Waals surface area contributed by atoms with Crippen LogP contribution in [0.5, 0.6) is 0 Å². The molecule has 2 rings (SSSR count). The molecule has 1 fully saturated rings. The number of rotatable bonds is 7. The zero-order valence-electron chi connectivity index (χ0n) is 13.9. The zero-order chi connectivity index (χ0) is 18.2. The fourth-order valence-corrected chi connectivity index (χ4v) is 2.83. The molecule has 0 aromatic heterocycles. The van der Waals surface area contributed by atoms with Crippen LogP contribution < -0.4 is 16.1 Å². The molecule has 1 aliphatic heterocycles. The number of hydrogen-bond donors (Lipinski definition) is 3. The molecule has 0 radical (unpaired) electrons. The molecule has 4 N–H and O–H groups in total. The molecule has 2 amide bonds. The lowest BCUT2D eigenvalue weighted by Gasteiger charge is -2.32. The number of piperidine rings is 1. The molecule has 1 aliphatic rings. The van der Waals surface area contributed by atoms with E-state index in [9.17, 15) is 14.4 Å². The first-order chi connectivity index (χ1) is 12.0. The molecular weight excluding hydrogens is 324 g/mol. The van der Waals surface area contributed by atoms with Gasteiger partial charge in [0, 0.05) is 31.1 Å². The minimum absolute atomic E-state index is 0.0724. The number of carboxylic acid groups (broad SMARTS) is 1. The third-order valence-electron chi connectivity index (χ3n) is 4.07. The lowest BCUT2D eigenvalue weighted by atomic mass is 9.93. The number of anilines is 1. The Labute approximate surface area is 145 Å². The summed E-state index contributed by atoms with van der Waals surface area (Å²) in [6.45, 7) is 0.684. The van der Waals surface area contributed by atoms with Gasteiger partial charge in [-0.3, -0.25) is 14.4 Å². The summed E-state index contributed by atoms with van der Waals surface area (Å²) in [5.41, 5.74) is 1.61. The summed E-state index contributed by atoms with van der Waals surface area (Å²) in [5.74, 6) is 3.38. The van der Waals surface area contributed by atoms with E-state index in [1.165, 1.54) is 6.21 Å². The van der Waals surface area contributed by atoms with Crippen LogP contribution in [-0.2, 0) is 14.4 Å². The Morgan fingerprint density at radius 3 is 2.72 bits per heavy atom. The molecular formula is C17H22N4O4. The minimum Gasteiger partial charge on any atom is -0.481 e. The van der Waals surface area contributed by atoms with Crippen LogP contribution in [0, 0.1) is 5.92 Å². The van der Waals surface area contributed by atoms with E-state index in [0.717, 1.165) is 17.7 Å². The standard InChI is InChI=1S/C17H22N4O4/c18-20-11-12-3-5-14(6-4-12)21-9-1-2-13(17(21)25)10-15(22)19-8-7-16(23)24/h3-6,11,13H,1-2,7-10,18H2,(H,19,22)(H,23,24). The van der Waals surface area contributed by atoms with Crippen LogP contribution in [-0.4, -0.2) is 42.2 Å². The molecule has 1 unspecified atom stereocenters. The topological polar surface area (TPSA) is 125 Å². The first-order valence-electron chi connectivity index (χ1n) is 8.14. The van der Waals surface area contributed by atoms with Crippen molar-refractivity contribution in [1.29, 1.82) is 0 Å². The fourth-order valence-electron chi connectivity index (χ4n) is 2.83. The average Bonchev–Trinajstić information content (AvgIpc) is 2.58. The maximum absolute atomic E-state index is 12.7. The summed E-state index contributed by atoms with van der Waals surface area (Å²) in [5, 5.41) is 14.6. The molecule has 1 aromatic carbocycles. The Morgan fingerprint density at radius 2 is 2.08 bits per heavy atom. The second-order valence-electron chi connectivity index (χ2n) is 5.90. The highest BCUT2D eigenvalue weighted by Gasteiger charge is 2.31. The summed E-state index contributed by atoms with van der Waals surface area (Å²) in [6, 6.07) is 7.29. The molecule has 8 nitrogen and oxygen atoms in total. The normalized spacial score (nSPS) is 17.7. The molecule has 1 saturated heterocycles. The SMILES string of the molecule is NN=Cc1ccc(N2CCCC(CC(=O)NCCC(=O)O)C2=O)cc1. The lowest BCUT2D eigenvalue weighted by molar-refractivity contribution is -0.137. The zero-order valence-corrected chi connectivity index (χ0v) is 13.9. The first kappa shape index (κ1) is 18.4. The number of aliphatic carboxylic acids is 1. The maximum Gasteiger partial charge on any atom is 0.305 e. The van der Waals surface area contributed by atoms with E-state index in [1.807, 2.05) is 24.3 Å². The third kappa shape index (κ3) is 5.30. The van der Waals surface area contributed by atoms with Crippen molar-refractivity contribution in [3.05, 3.63) is 29.8 Å². The average molecular weight is 346 g/mol. The molecule has 1 aromatic rings. The van der Waals surface area contributed by atoms with E-state index in [0.29, 0.717) is 13.0 Å². The second-order valence-corrected chi connectivity index (χ2v) is 5.90. The van der Waals surface area contributed by atoms with Crippen LogP contribution in [0.1, 0.15) is 31.2 Å². The van der Waals surface area contributed by atoms with Crippen molar-refractivity contribution < 1.29 is 19.5 Å². The molecule has 0 saturated carbocycles. The van der Waals surface area contributed by atoms with Crippen LogP contribution in [0.2, 0.25) is 0 Å². The van der Waals surface area contributed by atoms with E-state index >= 15 is 0 Å². The van der Waals surface area contributed by atoms with Crippen LogP contribution >= 0.6 is 0 Å². The second kappa shape index (κ2) is 8.81. The Bertz CT molecular complexity index is 657. The molecule has 1 heterocycles. The Hall–Kier alpha value is -2.90. The summed E-state index contributed by atoms with van der Waals surface area (Å²) >= 11 is 0. The quantitative estimate of drug-likeness (QED) is 0.381. The van der Waals surface area contributed by atoms with Crippen LogP contribution in [0.25, 0.3) is 0 Å². The van der Waals surface area contributed by atoms with Crippen molar-refractivity contribution in [2.24, 2.45) is 16.9 Å². The van der Waals surface area contributed by atoms with E-state index in [-0.39, 0.29) is 37.1 Å². The number of nitrogens with one attached hydrogen (secondary N) is 1.